The van der Waals surface area contributed by atoms with Gasteiger partial charge in [-0.3, -0.25) is 9.59 Å². The van der Waals surface area contributed by atoms with E-state index < -0.39 is 6.04 Å². The lowest BCUT2D eigenvalue weighted by atomic mass is 10.1. The molecule has 3 rings (SSSR count). The molecule has 2 fully saturated rings. The zero-order valence-corrected chi connectivity index (χ0v) is 14.9. The number of amides is 2. The summed E-state index contributed by atoms with van der Waals surface area (Å²) in [6.07, 6.45) is 2.08. The van der Waals surface area contributed by atoms with Crippen molar-refractivity contribution >= 4 is 35.2 Å². The second-order valence-corrected chi connectivity index (χ2v) is 7.93. The summed E-state index contributed by atoms with van der Waals surface area (Å²) in [4.78, 5) is 27.0. The van der Waals surface area contributed by atoms with Crippen molar-refractivity contribution in [1.29, 1.82) is 0 Å². The van der Waals surface area contributed by atoms with Crippen LogP contribution in [0.4, 0.5) is 0 Å². The Morgan fingerprint density at radius 2 is 2.00 bits per heavy atom. The van der Waals surface area contributed by atoms with Gasteiger partial charge in [0.15, 0.2) is 0 Å². The average molecular weight is 353 g/mol. The molecule has 1 aliphatic carbocycles. The van der Waals surface area contributed by atoms with Gasteiger partial charge in [-0.25, -0.2) is 0 Å². The maximum Gasteiger partial charge on any atom is 0.243 e. The topological polar surface area (TPSA) is 49.4 Å². The minimum absolute atomic E-state index is 0.00383. The van der Waals surface area contributed by atoms with Gasteiger partial charge in [0.25, 0.3) is 0 Å². The van der Waals surface area contributed by atoms with Crippen molar-refractivity contribution in [2.24, 2.45) is 5.92 Å². The summed E-state index contributed by atoms with van der Waals surface area (Å²) in [5.74, 6) is 0.404. The molecule has 1 saturated heterocycles. The largest absolute Gasteiger partial charge is 0.352 e. The molecule has 1 saturated carbocycles. The SMILES string of the molecule is CC(C)C(=O)N1[C@@H](c2ccccc2Cl)SC[C@H]1C(=O)NC1CC1. The highest BCUT2D eigenvalue weighted by atomic mass is 35.5. The van der Waals surface area contributed by atoms with Gasteiger partial charge in [-0.1, -0.05) is 43.6 Å². The first-order valence-electron chi connectivity index (χ1n) is 7.97. The third-order valence-electron chi connectivity index (χ3n) is 4.15. The van der Waals surface area contributed by atoms with Crippen LogP contribution >= 0.6 is 23.4 Å². The van der Waals surface area contributed by atoms with E-state index in [9.17, 15) is 9.59 Å². The molecule has 2 atom stereocenters. The maximum atomic E-state index is 12.7. The zero-order valence-electron chi connectivity index (χ0n) is 13.3. The smallest absolute Gasteiger partial charge is 0.243 e. The second kappa shape index (κ2) is 6.73. The van der Waals surface area contributed by atoms with Gasteiger partial charge in [-0.2, -0.15) is 0 Å². The summed E-state index contributed by atoms with van der Waals surface area (Å²) in [5, 5.41) is 3.46. The van der Waals surface area contributed by atoms with E-state index in [1.165, 1.54) is 0 Å². The number of nitrogens with one attached hydrogen (secondary N) is 1. The van der Waals surface area contributed by atoms with Crippen LogP contribution in [0.5, 0.6) is 0 Å². The zero-order chi connectivity index (χ0) is 16.6. The second-order valence-electron chi connectivity index (χ2n) is 6.41. The summed E-state index contributed by atoms with van der Waals surface area (Å²) in [6, 6.07) is 7.42. The summed E-state index contributed by atoms with van der Waals surface area (Å²) >= 11 is 7.93. The summed E-state index contributed by atoms with van der Waals surface area (Å²) < 4.78 is 0. The van der Waals surface area contributed by atoms with E-state index in [0.717, 1.165) is 18.4 Å². The van der Waals surface area contributed by atoms with Gasteiger partial charge in [0.2, 0.25) is 11.8 Å². The van der Waals surface area contributed by atoms with E-state index in [-0.39, 0.29) is 23.1 Å². The number of hydrogen-bond donors (Lipinski definition) is 1. The minimum atomic E-state index is -0.420. The third-order valence-corrected chi connectivity index (χ3v) is 5.80. The monoisotopic (exact) mass is 352 g/mol. The van der Waals surface area contributed by atoms with E-state index in [4.69, 9.17) is 11.6 Å². The summed E-state index contributed by atoms with van der Waals surface area (Å²) in [7, 11) is 0. The Balaban J connectivity index is 1.88. The molecule has 23 heavy (non-hydrogen) atoms. The maximum absolute atomic E-state index is 12.7. The van der Waals surface area contributed by atoms with Crippen molar-refractivity contribution in [1.82, 2.24) is 10.2 Å². The third kappa shape index (κ3) is 3.50. The van der Waals surface area contributed by atoms with Crippen LogP contribution in [0, 0.1) is 5.92 Å². The summed E-state index contributed by atoms with van der Waals surface area (Å²) in [5.41, 5.74) is 0.898. The van der Waals surface area contributed by atoms with Crippen LogP contribution < -0.4 is 5.32 Å². The number of benzene rings is 1. The van der Waals surface area contributed by atoms with Crippen molar-refractivity contribution in [3.8, 4) is 0 Å². The van der Waals surface area contributed by atoms with E-state index in [0.29, 0.717) is 16.8 Å². The van der Waals surface area contributed by atoms with Crippen LogP contribution in [-0.4, -0.2) is 34.6 Å². The van der Waals surface area contributed by atoms with Crippen LogP contribution in [0.15, 0.2) is 24.3 Å². The number of nitrogens with zero attached hydrogens (tertiary/aromatic N) is 1. The van der Waals surface area contributed by atoms with E-state index in [1.54, 1.807) is 16.7 Å². The number of thioether (sulfide) groups is 1. The van der Waals surface area contributed by atoms with Gasteiger partial charge in [0, 0.05) is 28.3 Å². The fourth-order valence-corrected chi connectivity index (χ4v) is 4.49. The molecular formula is C17H21ClN2O2S. The molecule has 0 bridgehead atoms. The number of carbonyl (C=O) groups excluding carboxylic acids is 2. The molecule has 1 aromatic rings. The van der Waals surface area contributed by atoms with Crippen LogP contribution in [0.2, 0.25) is 5.02 Å². The van der Waals surface area contributed by atoms with Gasteiger partial charge < -0.3 is 10.2 Å². The Morgan fingerprint density at radius 3 is 2.61 bits per heavy atom. The van der Waals surface area contributed by atoms with Crippen LogP contribution in [-0.2, 0) is 9.59 Å². The number of carbonyl (C=O) groups is 2. The predicted octanol–water partition coefficient (Wildman–Crippen LogP) is 3.22. The normalized spacial score (nSPS) is 24.1. The van der Waals surface area contributed by atoms with Crippen molar-refractivity contribution in [2.45, 2.75) is 44.1 Å². The Kier molecular flexibility index (Phi) is 4.87. The molecule has 0 radical (unpaired) electrons. The van der Waals surface area contributed by atoms with E-state index in [2.05, 4.69) is 5.32 Å². The minimum Gasteiger partial charge on any atom is -0.352 e. The van der Waals surface area contributed by atoms with Crippen LogP contribution in [0.3, 0.4) is 0 Å². The first-order chi connectivity index (χ1) is 11.0. The molecule has 2 amide bonds. The van der Waals surface area contributed by atoms with Gasteiger partial charge in [0.1, 0.15) is 11.4 Å². The first kappa shape index (κ1) is 16.7. The molecule has 124 valence electrons. The highest BCUT2D eigenvalue weighted by molar-refractivity contribution is 7.99. The van der Waals surface area contributed by atoms with Crippen molar-refractivity contribution in [3.63, 3.8) is 0 Å². The van der Waals surface area contributed by atoms with Gasteiger partial charge in [-0.15, -0.1) is 11.8 Å². The molecule has 2 aliphatic rings. The molecule has 6 heteroatoms. The fraction of sp³-hybridized carbons (Fsp3) is 0.529. The van der Waals surface area contributed by atoms with Crippen LogP contribution in [0.1, 0.15) is 37.6 Å². The van der Waals surface area contributed by atoms with Gasteiger partial charge >= 0.3 is 0 Å². The van der Waals surface area contributed by atoms with Gasteiger partial charge in [0.05, 0.1) is 0 Å². The van der Waals surface area contributed by atoms with E-state index >= 15 is 0 Å². The lowest BCUT2D eigenvalue weighted by Crippen LogP contribution is -2.49. The number of hydrogen-bond acceptors (Lipinski definition) is 3. The van der Waals surface area contributed by atoms with Gasteiger partial charge in [-0.05, 0) is 18.9 Å². The van der Waals surface area contributed by atoms with Crippen LogP contribution in [0.25, 0.3) is 0 Å². The first-order valence-corrected chi connectivity index (χ1v) is 9.40. The predicted molar refractivity (Wildman–Crippen MR) is 93.3 cm³/mol. The molecular weight excluding hydrogens is 332 g/mol. The molecule has 0 aromatic heterocycles. The quantitative estimate of drug-likeness (QED) is 0.905. The van der Waals surface area contributed by atoms with E-state index in [1.807, 2.05) is 38.1 Å². The number of halogens is 1. The lowest BCUT2D eigenvalue weighted by molar-refractivity contribution is -0.142. The highest BCUT2D eigenvalue weighted by Gasteiger charge is 2.44. The Labute approximate surface area is 145 Å². The van der Waals surface area contributed by atoms with Crippen molar-refractivity contribution < 1.29 is 9.59 Å². The molecule has 1 heterocycles. The number of rotatable bonds is 4. The summed E-state index contributed by atoms with van der Waals surface area (Å²) in [6.45, 7) is 3.73. The molecule has 0 spiro atoms. The average Bonchev–Trinajstić information content (AvgIpc) is 3.22. The fourth-order valence-electron chi connectivity index (χ4n) is 2.72. The molecule has 1 aromatic carbocycles. The molecule has 4 nitrogen and oxygen atoms in total. The Hall–Kier alpha value is -1.20. The lowest BCUT2D eigenvalue weighted by Gasteiger charge is -2.31. The molecule has 1 N–H and O–H groups in total. The molecule has 1 aliphatic heterocycles. The standard InChI is InChI=1S/C17H21ClN2O2S/c1-10(2)16(22)20-14(15(21)19-11-7-8-11)9-23-17(20)12-5-3-4-6-13(12)18/h3-6,10-11,14,17H,7-9H2,1-2H3,(H,19,21)/t14-,17+/m0/s1. The molecule has 0 unspecified atom stereocenters. The van der Waals surface area contributed by atoms with Crippen molar-refractivity contribution in [2.75, 3.05) is 5.75 Å². The van der Waals surface area contributed by atoms with Crippen molar-refractivity contribution in [3.05, 3.63) is 34.9 Å². The Bertz CT molecular complexity index is 618. The highest BCUT2D eigenvalue weighted by Crippen LogP contribution is 2.44. The Morgan fingerprint density at radius 1 is 1.30 bits per heavy atom.